The van der Waals surface area contributed by atoms with Crippen molar-refractivity contribution >= 4 is 21.7 Å². The minimum absolute atomic E-state index is 0.468. The monoisotopic (exact) mass is 306 g/mol. The SMILES string of the molecule is CN(Cc1ccc(Br)cc1)c1nnccc1CN. The predicted molar refractivity (Wildman–Crippen MR) is 76.2 cm³/mol. The van der Waals surface area contributed by atoms with Crippen molar-refractivity contribution in [3.8, 4) is 0 Å². The van der Waals surface area contributed by atoms with Gasteiger partial charge >= 0.3 is 0 Å². The number of aromatic nitrogens is 2. The second-order valence-electron chi connectivity index (χ2n) is 4.07. The van der Waals surface area contributed by atoms with Gasteiger partial charge < -0.3 is 10.6 Å². The van der Waals surface area contributed by atoms with E-state index in [4.69, 9.17) is 5.73 Å². The maximum Gasteiger partial charge on any atom is 0.155 e. The lowest BCUT2D eigenvalue weighted by atomic mass is 10.2. The Morgan fingerprint density at radius 1 is 1.22 bits per heavy atom. The molecule has 1 aromatic heterocycles. The molecule has 1 aromatic carbocycles. The fourth-order valence-corrected chi connectivity index (χ4v) is 2.03. The maximum absolute atomic E-state index is 5.70. The zero-order valence-corrected chi connectivity index (χ0v) is 11.8. The minimum Gasteiger partial charge on any atom is -0.354 e. The molecule has 0 amide bonds. The molecule has 5 heteroatoms. The van der Waals surface area contributed by atoms with Gasteiger partial charge in [-0.15, -0.1) is 5.10 Å². The van der Waals surface area contributed by atoms with Crippen LogP contribution in [0.1, 0.15) is 11.1 Å². The van der Waals surface area contributed by atoms with Crippen LogP contribution in [0.25, 0.3) is 0 Å². The van der Waals surface area contributed by atoms with E-state index >= 15 is 0 Å². The molecule has 94 valence electrons. The Balaban J connectivity index is 2.16. The summed E-state index contributed by atoms with van der Waals surface area (Å²) >= 11 is 3.43. The van der Waals surface area contributed by atoms with Gasteiger partial charge in [0.15, 0.2) is 5.82 Å². The minimum atomic E-state index is 0.468. The number of anilines is 1. The first kappa shape index (κ1) is 13.0. The Morgan fingerprint density at radius 2 is 1.94 bits per heavy atom. The molecular weight excluding hydrogens is 292 g/mol. The number of halogens is 1. The summed E-state index contributed by atoms with van der Waals surface area (Å²) in [7, 11) is 1.99. The molecule has 0 aliphatic rings. The fraction of sp³-hybridized carbons (Fsp3) is 0.231. The smallest absolute Gasteiger partial charge is 0.155 e. The van der Waals surface area contributed by atoms with Crippen molar-refractivity contribution in [3.05, 3.63) is 52.1 Å². The number of rotatable bonds is 4. The van der Waals surface area contributed by atoms with Crippen LogP contribution in [0.2, 0.25) is 0 Å². The van der Waals surface area contributed by atoms with Crippen molar-refractivity contribution in [3.63, 3.8) is 0 Å². The lowest BCUT2D eigenvalue weighted by Gasteiger charge is -2.20. The molecule has 0 aliphatic carbocycles. The highest BCUT2D eigenvalue weighted by Gasteiger charge is 2.08. The molecule has 0 unspecified atom stereocenters. The first-order valence-corrected chi connectivity index (χ1v) is 6.46. The third-order valence-corrected chi connectivity index (χ3v) is 3.23. The van der Waals surface area contributed by atoms with Crippen molar-refractivity contribution in [2.75, 3.05) is 11.9 Å². The average Bonchev–Trinajstić information content (AvgIpc) is 2.41. The van der Waals surface area contributed by atoms with E-state index in [1.165, 1.54) is 5.56 Å². The van der Waals surface area contributed by atoms with Crippen molar-refractivity contribution in [2.45, 2.75) is 13.1 Å². The van der Waals surface area contributed by atoms with Crippen LogP contribution in [0.5, 0.6) is 0 Å². The van der Waals surface area contributed by atoms with Crippen LogP contribution < -0.4 is 10.6 Å². The zero-order chi connectivity index (χ0) is 13.0. The highest BCUT2D eigenvalue weighted by Crippen LogP contribution is 2.17. The average molecular weight is 307 g/mol. The summed E-state index contributed by atoms with van der Waals surface area (Å²) in [4.78, 5) is 2.05. The van der Waals surface area contributed by atoms with E-state index < -0.39 is 0 Å². The molecule has 0 atom stereocenters. The van der Waals surface area contributed by atoms with Gasteiger partial charge in [0, 0.05) is 30.2 Å². The summed E-state index contributed by atoms with van der Waals surface area (Å²) in [5, 5.41) is 8.07. The number of nitrogens with two attached hydrogens (primary N) is 1. The molecule has 0 aliphatic heterocycles. The van der Waals surface area contributed by atoms with E-state index in [-0.39, 0.29) is 0 Å². The van der Waals surface area contributed by atoms with E-state index in [2.05, 4.69) is 43.2 Å². The highest BCUT2D eigenvalue weighted by molar-refractivity contribution is 9.10. The van der Waals surface area contributed by atoms with Gasteiger partial charge in [0.2, 0.25) is 0 Å². The molecule has 0 fully saturated rings. The van der Waals surface area contributed by atoms with Gasteiger partial charge in [-0.2, -0.15) is 5.10 Å². The first-order chi connectivity index (χ1) is 8.70. The van der Waals surface area contributed by atoms with Crippen LogP contribution in [-0.4, -0.2) is 17.2 Å². The number of benzene rings is 1. The van der Waals surface area contributed by atoms with Crippen LogP contribution in [0.4, 0.5) is 5.82 Å². The van der Waals surface area contributed by atoms with Gasteiger partial charge in [-0.25, -0.2) is 0 Å². The van der Waals surface area contributed by atoms with Crippen LogP contribution in [0.15, 0.2) is 41.0 Å². The summed E-state index contributed by atoms with van der Waals surface area (Å²) in [5.74, 6) is 0.836. The molecule has 2 N–H and O–H groups in total. The van der Waals surface area contributed by atoms with Gasteiger partial charge in [-0.05, 0) is 23.8 Å². The fourth-order valence-electron chi connectivity index (χ4n) is 1.77. The van der Waals surface area contributed by atoms with Gasteiger partial charge in [0.05, 0.1) is 6.20 Å². The van der Waals surface area contributed by atoms with Crippen LogP contribution in [0, 0.1) is 0 Å². The number of hydrogen-bond donors (Lipinski definition) is 1. The molecule has 2 aromatic rings. The second-order valence-corrected chi connectivity index (χ2v) is 4.98. The molecule has 18 heavy (non-hydrogen) atoms. The number of hydrogen-bond acceptors (Lipinski definition) is 4. The molecule has 1 heterocycles. The molecule has 0 saturated heterocycles. The summed E-state index contributed by atoms with van der Waals surface area (Å²) in [6, 6.07) is 10.1. The summed E-state index contributed by atoms with van der Waals surface area (Å²) < 4.78 is 1.08. The highest BCUT2D eigenvalue weighted by atomic mass is 79.9. The lowest BCUT2D eigenvalue weighted by Crippen LogP contribution is -2.20. The third kappa shape index (κ3) is 3.05. The van der Waals surface area contributed by atoms with E-state index in [1.807, 2.05) is 25.2 Å². The largest absolute Gasteiger partial charge is 0.354 e. The first-order valence-electron chi connectivity index (χ1n) is 5.67. The molecule has 0 saturated carbocycles. The molecule has 0 radical (unpaired) electrons. The van der Waals surface area contributed by atoms with Gasteiger partial charge in [-0.3, -0.25) is 0 Å². The second kappa shape index (κ2) is 5.93. The van der Waals surface area contributed by atoms with Crippen LogP contribution in [0.3, 0.4) is 0 Å². The van der Waals surface area contributed by atoms with E-state index in [1.54, 1.807) is 6.20 Å². The Morgan fingerprint density at radius 3 is 2.61 bits per heavy atom. The molecule has 0 spiro atoms. The van der Waals surface area contributed by atoms with E-state index in [0.717, 1.165) is 22.4 Å². The molecular formula is C13H15BrN4. The van der Waals surface area contributed by atoms with Crippen LogP contribution >= 0.6 is 15.9 Å². The Labute approximate surface area is 115 Å². The Kier molecular flexibility index (Phi) is 4.28. The van der Waals surface area contributed by atoms with Gasteiger partial charge in [0.25, 0.3) is 0 Å². The van der Waals surface area contributed by atoms with Crippen molar-refractivity contribution < 1.29 is 0 Å². The summed E-state index contributed by atoms with van der Waals surface area (Å²) in [6.07, 6.45) is 1.67. The zero-order valence-electron chi connectivity index (χ0n) is 10.2. The third-order valence-electron chi connectivity index (χ3n) is 2.70. The normalized spacial score (nSPS) is 10.4. The van der Waals surface area contributed by atoms with Gasteiger partial charge in [-0.1, -0.05) is 28.1 Å². The van der Waals surface area contributed by atoms with Crippen molar-refractivity contribution in [1.29, 1.82) is 0 Å². The van der Waals surface area contributed by atoms with Crippen molar-refractivity contribution in [1.82, 2.24) is 10.2 Å². The molecule has 2 rings (SSSR count). The standard InChI is InChI=1S/C13H15BrN4/c1-18(9-10-2-4-12(14)5-3-10)13-11(8-15)6-7-16-17-13/h2-7H,8-9,15H2,1H3. The predicted octanol–water partition coefficient (Wildman–Crippen LogP) is 2.33. The Hall–Kier alpha value is -1.46. The maximum atomic E-state index is 5.70. The molecule has 4 nitrogen and oxygen atoms in total. The summed E-state index contributed by atoms with van der Waals surface area (Å²) in [5.41, 5.74) is 7.92. The van der Waals surface area contributed by atoms with E-state index in [9.17, 15) is 0 Å². The topological polar surface area (TPSA) is 55.0 Å². The van der Waals surface area contributed by atoms with Crippen LogP contribution in [-0.2, 0) is 13.1 Å². The number of nitrogens with zero attached hydrogens (tertiary/aromatic N) is 3. The van der Waals surface area contributed by atoms with E-state index in [0.29, 0.717) is 6.54 Å². The van der Waals surface area contributed by atoms with Crippen molar-refractivity contribution in [2.24, 2.45) is 5.73 Å². The summed E-state index contributed by atoms with van der Waals surface area (Å²) in [6.45, 7) is 1.24. The Bertz CT molecular complexity index is 513. The molecule has 0 bridgehead atoms. The lowest BCUT2D eigenvalue weighted by molar-refractivity contribution is 0.843. The van der Waals surface area contributed by atoms with Gasteiger partial charge in [0.1, 0.15) is 0 Å². The quantitative estimate of drug-likeness (QED) is 0.942.